The summed E-state index contributed by atoms with van der Waals surface area (Å²) >= 11 is 0. The molecule has 13 heavy (non-hydrogen) atoms. The number of nitrogens with one attached hydrogen (secondary N) is 1. The zero-order valence-electron chi connectivity index (χ0n) is 8.79. The van der Waals surface area contributed by atoms with Crippen LogP contribution in [0.1, 0.15) is 13.3 Å². The third kappa shape index (κ3) is 1.73. The highest BCUT2D eigenvalue weighted by Gasteiger charge is 2.35. The van der Waals surface area contributed by atoms with Gasteiger partial charge in [-0.25, -0.2) is 0 Å². The van der Waals surface area contributed by atoms with Gasteiger partial charge in [0.05, 0.1) is 0 Å². The van der Waals surface area contributed by atoms with Crippen molar-refractivity contribution in [2.24, 2.45) is 0 Å². The average Bonchev–Trinajstić information content (AvgIpc) is 2.22. The van der Waals surface area contributed by atoms with E-state index in [-0.39, 0.29) is 0 Å². The molecule has 0 radical (unpaired) electrons. The van der Waals surface area contributed by atoms with Gasteiger partial charge in [0, 0.05) is 44.8 Å². The third-order valence-electron chi connectivity index (χ3n) is 3.60. The second kappa shape index (κ2) is 3.95. The van der Waals surface area contributed by atoms with Crippen molar-refractivity contribution in [1.82, 2.24) is 15.1 Å². The first-order chi connectivity index (χ1) is 6.35. The van der Waals surface area contributed by atoms with E-state index in [9.17, 15) is 0 Å². The van der Waals surface area contributed by atoms with Gasteiger partial charge < -0.3 is 5.32 Å². The summed E-state index contributed by atoms with van der Waals surface area (Å²) in [6.07, 6.45) is 1.24. The summed E-state index contributed by atoms with van der Waals surface area (Å²) in [7, 11) is 2.09. The number of likely N-dealkylation sites (N-methyl/N-ethyl adjacent to an activating group) is 1. The Hall–Kier alpha value is -0.120. The van der Waals surface area contributed by atoms with Crippen molar-refractivity contribution in [2.75, 3.05) is 39.8 Å². The standard InChI is InChI=1S/C10H21N3/c1-3-9(11-2)10-8-12-4-6-13(10)7-5-12/h9-11H,3-8H2,1-2H3. The van der Waals surface area contributed by atoms with E-state index in [1.54, 1.807) is 0 Å². The van der Waals surface area contributed by atoms with Crippen LogP contribution < -0.4 is 5.32 Å². The number of rotatable bonds is 3. The fourth-order valence-corrected chi connectivity index (χ4v) is 2.71. The summed E-state index contributed by atoms with van der Waals surface area (Å²) in [5.41, 5.74) is 0. The zero-order chi connectivity index (χ0) is 9.26. The highest BCUT2D eigenvalue weighted by Crippen LogP contribution is 2.19. The summed E-state index contributed by atoms with van der Waals surface area (Å²) < 4.78 is 0. The highest BCUT2D eigenvalue weighted by atomic mass is 15.4. The Kier molecular flexibility index (Phi) is 2.86. The Morgan fingerprint density at radius 2 is 2.00 bits per heavy atom. The molecule has 3 aliphatic heterocycles. The normalized spacial score (nSPS) is 40.6. The van der Waals surface area contributed by atoms with E-state index in [1.165, 1.54) is 39.1 Å². The predicted molar refractivity (Wildman–Crippen MR) is 54.9 cm³/mol. The van der Waals surface area contributed by atoms with Crippen molar-refractivity contribution in [3.8, 4) is 0 Å². The topological polar surface area (TPSA) is 18.5 Å². The molecule has 2 unspecified atom stereocenters. The molecule has 3 rings (SSSR count). The SMILES string of the molecule is CCC(NC)C1CN2CCN1CC2. The maximum Gasteiger partial charge on any atom is 0.0377 e. The average molecular weight is 183 g/mol. The molecule has 0 saturated carbocycles. The van der Waals surface area contributed by atoms with Crippen LogP contribution in [-0.2, 0) is 0 Å². The minimum absolute atomic E-state index is 0.683. The predicted octanol–water partition coefficient (Wildman–Crippen LogP) is -0.0158. The number of fused-ring (bicyclic) bond motifs is 3. The second-order valence-corrected chi connectivity index (χ2v) is 4.21. The summed E-state index contributed by atoms with van der Waals surface area (Å²) in [5.74, 6) is 0. The zero-order valence-corrected chi connectivity index (χ0v) is 8.79. The van der Waals surface area contributed by atoms with Gasteiger partial charge in [0.1, 0.15) is 0 Å². The van der Waals surface area contributed by atoms with Crippen molar-refractivity contribution >= 4 is 0 Å². The van der Waals surface area contributed by atoms with Gasteiger partial charge in [-0.3, -0.25) is 9.80 Å². The molecule has 76 valence electrons. The molecule has 2 atom stereocenters. The van der Waals surface area contributed by atoms with Gasteiger partial charge in [-0.15, -0.1) is 0 Å². The molecular weight excluding hydrogens is 162 g/mol. The van der Waals surface area contributed by atoms with E-state index < -0.39 is 0 Å². The first kappa shape index (κ1) is 9.44. The molecule has 3 heteroatoms. The fraction of sp³-hybridized carbons (Fsp3) is 1.00. The molecule has 3 heterocycles. The van der Waals surface area contributed by atoms with Gasteiger partial charge in [0.25, 0.3) is 0 Å². The lowest BCUT2D eigenvalue weighted by molar-refractivity contribution is -0.00260. The molecule has 3 nitrogen and oxygen atoms in total. The molecule has 3 saturated heterocycles. The lowest BCUT2D eigenvalue weighted by Gasteiger charge is -2.50. The Balaban J connectivity index is 1.99. The molecule has 1 N–H and O–H groups in total. The quantitative estimate of drug-likeness (QED) is 0.663. The van der Waals surface area contributed by atoms with Gasteiger partial charge in [-0.05, 0) is 13.5 Å². The van der Waals surface area contributed by atoms with E-state index in [0.29, 0.717) is 6.04 Å². The van der Waals surface area contributed by atoms with Crippen LogP contribution >= 0.6 is 0 Å². The van der Waals surface area contributed by atoms with E-state index in [4.69, 9.17) is 0 Å². The van der Waals surface area contributed by atoms with Crippen LogP contribution in [0.2, 0.25) is 0 Å². The fourth-order valence-electron chi connectivity index (χ4n) is 2.71. The van der Waals surface area contributed by atoms with Crippen LogP contribution in [0.15, 0.2) is 0 Å². The van der Waals surface area contributed by atoms with Gasteiger partial charge in [-0.1, -0.05) is 6.92 Å². The molecule has 0 aromatic rings. The van der Waals surface area contributed by atoms with Gasteiger partial charge >= 0.3 is 0 Å². The maximum absolute atomic E-state index is 3.44. The molecular formula is C10H21N3. The minimum atomic E-state index is 0.683. The van der Waals surface area contributed by atoms with Gasteiger partial charge in [0.15, 0.2) is 0 Å². The van der Waals surface area contributed by atoms with Crippen molar-refractivity contribution in [2.45, 2.75) is 25.4 Å². The van der Waals surface area contributed by atoms with Crippen molar-refractivity contribution in [3.63, 3.8) is 0 Å². The van der Waals surface area contributed by atoms with Crippen LogP contribution in [0.25, 0.3) is 0 Å². The molecule has 2 bridgehead atoms. The van der Waals surface area contributed by atoms with E-state index in [2.05, 4.69) is 29.1 Å². The Morgan fingerprint density at radius 3 is 2.38 bits per heavy atom. The maximum atomic E-state index is 3.44. The van der Waals surface area contributed by atoms with Crippen LogP contribution in [0.5, 0.6) is 0 Å². The summed E-state index contributed by atoms with van der Waals surface area (Å²) in [6, 6.07) is 1.44. The van der Waals surface area contributed by atoms with E-state index >= 15 is 0 Å². The van der Waals surface area contributed by atoms with E-state index in [0.717, 1.165) is 6.04 Å². The third-order valence-corrected chi connectivity index (χ3v) is 3.60. The van der Waals surface area contributed by atoms with Crippen LogP contribution in [0.3, 0.4) is 0 Å². The number of nitrogens with zero attached hydrogens (tertiary/aromatic N) is 2. The van der Waals surface area contributed by atoms with Crippen molar-refractivity contribution < 1.29 is 0 Å². The van der Waals surface area contributed by atoms with Crippen molar-refractivity contribution in [1.29, 1.82) is 0 Å². The largest absolute Gasteiger partial charge is 0.315 e. The Bertz CT molecular complexity index is 158. The molecule has 0 spiro atoms. The minimum Gasteiger partial charge on any atom is -0.315 e. The highest BCUT2D eigenvalue weighted by molar-refractivity contribution is 4.93. The molecule has 3 aliphatic rings. The second-order valence-electron chi connectivity index (χ2n) is 4.21. The summed E-state index contributed by atoms with van der Waals surface area (Å²) in [6.45, 7) is 8.69. The first-order valence-electron chi connectivity index (χ1n) is 5.48. The molecule has 3 fully saturated rings. The lowest BCUT2D eigenvalue weighted by atomic mass is 9.98. The smallest absolute Gasteiger partial charge is 0.0377 e. The number of hydrogen-bond acceptors (Lipinski definition) is 3. The number of piperazine rings is 3. The van der Waals surface area contributed by atoms with Gasteiger partial charge in [0.2, 0.25) is 0 Å². The monoisotopic (exact) mass is 183 g/mol. The Labute approximate surface area is 81.1 Å². The van der Waals surface area contributed by atoms with Gasteiger partial charge in [-0.2, -0.15) is 0 Å². The lowest BCUT2D eigenvalue weighted by Crippen LogP contribution is -2.65. The number of hydrogen-bond donors (Lipinski definition) is 1. The summed E-state index contributed by atoms with van der Waals surface area (Å²) in [5, 5.41) is 3.44. The van der Waals surface area contributed by atoms with Crippen LogP contribution in [-0.4, -0.2) is 61.7 Å². The molecule has 0 amide bonds. The molecule has 0 aromatic heterocycles. The van der Waals surface area contributed by atoms with Crippen LogP contribution in [0.4, 0.5) is 0 Å². The first-order valence-corrected chi connectivity index (χ1v) is 5.48. The Morgan fingerprint density at radius 1 is 1.31 bits per heavy atom. The summed E-state index contributed by atoms with van der Waals surface area (Å²) in [4.78, 5) is 5.26. The van der Waals surface area contributed by atoms with Crippen LogP contribution in [0, 0.1) is 0 Å². The van der Waals surface area contributed by atoms with E-state index in [1.807, 2.05) is 0 Å². The molecule has 0 aliphatic carbocycles. The van der Waals surface area contributed by atoms with Crippen molar-refractivity contribution in [3.05, 3.63) is 0 Å². The molecule has 0 aromatic carbocycles.